The lowest BCUT2D eigenvalue weighted by Gasteiger charge is -2.37. The van der Waals surface area contributed by atoms with Crippen molar-refractivity contribution in [2.24, 2.45) is 5.41 Å². The number of halogens is 2. The molecule has 1 spiro atoms. The molecule has 1 aromatic rings. The molecular weight excluding hydrogens is 268 g/mol. The predicted molar refractivity (Wildman–Crippen MR) is 81.2 cm³/mol. The topological polar surface area (TPSA) is 12.0 Å². The Labute approximate surface area is 126 Å². The summed E-state index contributed by atoms with van der Waals surface area (Å²) in [6.07, 6.45) is 11.6. The molecule has 0 saturated heterocycles. The molecule has 0 aliphatic heterocycles. The van der Waals surface area contributed by atoms with Gasteiger partial charge >= 0.3 is 0 Å². The van der Waals surface area contributed by atoms with Gasteiger partial charge in [0.2, 0.25) is 0 Å². The average molecular weight is 293 g/mol. The largest absolute Gasteiger partial charge is 0.314 e. The SMILES string of the molecule is Fc1cc(F)cc(CCNC2CCC3(CCCC3)CC2)c1. The molecule has 21 heavy (non-hydrogen) atoms. The van der Waals surface area contributed by atoms with E-state index in [1.54, 1.807) is 0 Å². The third-order valence-electron chi connectivity index (χ3n) is 5.48. The summed E-state index contributed by atoms with van der Waals surface area (Å²) < 4.78 is 26.2. The van der Waals surface area contributed by atoms with E-state index in [1.807, 2.05) is 0 Å². The van der Waals surface area contributed by atoms with Crippen LogP contribution in [-0.2, 0) is 6.42 Å². The molecule has 0 bridgehead atoms. The van der Waals surface area contributed by atoms with Gasteiger partial charge in [-0.3, -0.25) is 0 Å². The van der Waals surface area contributed by atoms with Crippen molar-refractivity contribution in [1.29, 1.82) is 0 Å². The molecule has 1 N–H and O–H groups in total. The van der Waals surface area contributed by atoms with Gasteiger partial charge in [-0.2, -0.15) is 0 Å². The van der Waals surface area contributed by atoms with Gasteiger partial charge in [0.25, 0.3) is 0 Å². The highest BCUT2D eigenvalue weighted by Gasteiger charge is 2.37. The zero-order chi connectivity index (χ0) is 14.7. The predicted octanol–water partition coefficient (Wildman–Crippen LogP) is 4.60. The molecular formula is C18H25F2N. The number of hydrogen-bond acceptors (Lipinski definition) is 1. The third kappa shape index (κ3) is 3.82. The molecule has 2 aliphatic rings. The van der Waals surface area contributed by atoms with Gasteiger partial charge in [-0.15, -0.1) is 0 Å². The fourth-order valence-corrected chi connectivity index (χ4v) is 4.24. The molecule has 0 atom stereocenters. The summed E-state index contributed by atoms with van der Waals surface area (Å²) in [5.41, 5.74) is 1.41. The highest BCUT2D eigenvalue weighted by molar-refractivity contribution is 5.18. The van der Waals surface area contributed by atoms with Crippen LogP contribution in [0, 0.1) is 17.0 Å². The van der Waals surface area contributed by atoms with Gasteiger partial charge < -0.3 is 5.32 Å². The second-order valence-corrected chi connectivity index (χ2v) is 6.96. The second kappa shape index (κ2) is 6.43. The zero-order valence-electron chi connectivity index (χ0n) is 12.6. The molecule has 0 aromatic heterocycles. The summed E-state index contributed by atoms with van der Waals surface area (Å²) in [5, 5.41) is 3.57. The standard InChI is InChI=1S/C18H25F2N/c19-15-11-14(12-16(20)13-15)5-10-21-17-3-8-18(9-4-17)6-1-2-7-18/h11-13,17,21H,1-10H2. The van der Waals surface area contributed by atoms with Gasteiger partial charge in [0.15, 0.2) is 0 Å². The van der Waals surface area contributed by atoms with E-state index in [-0.39, 0.29) is 0 Å². The van der Waals surface area contributed by atoms with Crippen LogP contribution >= 0.6 is 0 Å². The minimum absolute atomic E-state index is 0.481. The maximum atomic E-state index is 13.1. The maximum absolute atomic E-state index is 13.1. The van der Waals surface area contributed by atoms with Gasteiger partial charge in [0, 0.05) is 12.1 Å². The highest BCUT2D eigenvalue weighted by Crippen LogP contribution is 2.48. The first-order valence-electron chi connectivity index (χ1n) is 8.34. The minimum atomic E-state index is -0.481. The van der Waals surface area contributed by atoms with E-state index >= 15 is 0 Å². The summed E-state index contributed by atoms with van der Waals surface area (Å²) in [4.78, 5) is 0. The molecule has 0 amide bonds. The Bertz CT molecular complexity index is 450. The average Bonchev–Trinajstić information content (AvgIpc) is 2.89. The Kier molecular flexibility index (Phi) is 4.58. The maximum Gasteiger partial charge on any atom is 0.126 e. The van der Waals surface area contributed by atoms with E-state index in [0.29, 0.717) is 17.9 Å². The van der Waals surface area contributed by atoms with Crippen molar-refractivity contribution >= 4 is 0 Å². The van der Waals surface area contributed by atoms with Gasteiger partial charge in [-0.25, -0.2) is 8.78 Å². The van der Waals surface area contributed by atoms with Crippen LogP contribution in [0.1, 0.15) is 56.9 Å². The second-order valence-electron chi connectivity index (χ2n) is 6.96. The van der Waals surface area contributed by atoms with Crippen molar-refractivity contribution in [3.63, 3.8) is 0 Å². The lowest BCUT2D eigenvalue weighted by atomic mass is 9.71. The van der Waals surface area contributed by atoms with Crippen molar-refractivity contribution in [1.82, 2.24) is 5.32 Å². The minimum Gasteiger partial charge on any atom is -0.314 e. The van der Waals surface area contributed by atoms with Crippen LogP contribution in [0.25, 0.3) is 0 Å². The zero-order valence-corrected chi connectivity index (χ0v) is 12.6. The first kappa shape index (κ1) is 15.0. The first-order chi connectivity index (χ1) is 10.2. The Morgan fingerprint density at radius 3 is 2.19 bits per heavy atom. The van der Waals surface area contributed by atoms with Crippen LogP contribution in [0.4, 0.5) is 8.78 Å². The highest BCUT2D eigenvalue weighted by atomic mass is 19.1. The van der Waals surface area contributed by atoms with E-state index in [4.69, 9.17) is 0 Å². The van der Waals surface area contributed by atoms with Crippen LogP contribution < -0.4 is 5.32 Å². The van der Waals surface area contributed by atoms with Crippen molar-refractivity contribution in [2.45, 2.75) is 63.8 Å². The fourth-order valence-electron chi connectivity index (χ4n) is 4.24. The summed E-state index contributed by atoms with van der Waals surface area (Å²) in [7, 11) is 0. The van der Waals surface area contributed by atoms with Gasteiger partial charge in [-0.05, 0) is 74.6 Å². The van der Waals surface area contributed by atoms with E-state index in [1.165, 1.54) is 63.5 Å². The molecule has 0 radical (unpaired) electrons. The molecule has 2 aliphatic carbocycles. The van der Waals surface area contributed by atoms with E-state index in [9.17, 15) is 8.78 Å². The fraction of sp³-hybridized carbons (Fsp3) is 0.667. The summed E-state index contributed by atoms with van der Waals surface area (Å²) in [6.45, 7) is 0.806. The van der Waals surface area contributed by atoms with Crippen LogP contribution in [0.5, 0.6) is 0 Å². The summed E-state index contributed by atoms with van der Waals surface area (Å²) in [6, 6.07) is 4.38. The monoisotopic (exact) mass is 293 g/mol. The van der Waals surface area contributed by atoms with Crippen LogP contribution in [0.15, 0.2) is 18.2 Å². The summed E-state index contributed by atoms with van der Waals surface area (Å²) >= 11 is 0. The first-order valence-corrected chi connectivity index (χ1v) is 8.34. The van der Waals surface area contributed by atoms with Gasteiger partial charge in [0.1, 0.15) is 11.6 Å². The number of rotatable bonds is 4. The van der Waals surface area contributed by atoms with E-state index < -0.39 is 11.6 Å². The number of nitrogens with one attached hydrogen (secondary N) is 1. The molecule has 0 unspecified atom stereocenters. The van der Waals surface area contributed by atoms with Gasteiger partial charge in [-0.1, -0.05) is 12.8 Å². The molecule has 2 fully saturated rings. The normalized spacial score (nSPS) is 22.0. The quantitative estimate of drug-likeness (QED) is 0.855. The Morgan fingerprint density at radius 1 is 0.952 bits per heavy atom. The Balaban J connectivity index is 1.42. The lowest BCUT2D eigenvalue weighted by molar-refractivity contribution is 0.169. The van der Waals surface area contributed by atoms with Crippen molar-refractivity contribution < 1.29 is 8.78 Å². The number of benzene rings is 1. The Morgan fingerprint density at radius 2 is 1.57 bits per heavy atom. The smallest absolute Gasteiger partial charge is 0.126 e. The molecule has 2 saturated carbocycles. The van der Waals surface area contributed by atoms with E-state index in [0.717, 1.165) is 18.2 Å². The van der Waals surface area contributed by atoms with Crippen LogP contribution in [0.3, 0.4) is 0 Å². The third-order valence-corrected chi connectivity index (χ3v) is 5.48. The van der Waals surface area contributed by atoms with Crippen molar-refractivity contribution in [2.75, 3.05) is 6.54 Å². The molecule has 3 heteroatoms. The molecule has 116 valence electrons. The summed E-state index contributed by atoms with van der Waals surface area (Å²) in [5.74, 6) is -0.961. The molecule has 3 rings (SSSR count). The van der Waals surface area contributed by atoms with E-state index in [2.05, 4.69) is 5.32 Å². The lowest BCUT2D eigenvalue weighted by Crippen LogP contribution is -2.37. The number of hydrogen-bond donors (Lipinski definition) is 1. The molecule has 0 heterocycles. The van der Waals surface area contributed by atoms with Crippen LogP contribution in [0.2, 0.25) is 0 Å². The molecule has 1 aromatic carbocycles. The molecule has 1 nitrogen and oxygen atoms in total. The Hall–Kier alpha value is -0.960. The van der Waals surface area contributed by atoms with Crippen LogP contribution in [-0.4, -0.2) is 12.6 Å². The van der Waals surface area contributed by atoms with Gasteiger partial charge in [0.05, 0.1) is 0 Å². The van der Waals surface area contributed by atoms with Crippen molar-refractivity contribution in [3.05, 3.63) is 35.4 Å². The van der Waals surface area contributed by atoms with Crippen molar-refractivity contribution in [3.8, 4) is 0 Å².